The van der Waals surface area contributed by atoms with E-state index in [9.17, 15) is 9.59 Å². The molecule has 2 amide bonds. The molecule has 40 heavy (non-hydrogen) atoms. The topological polar surface area (TPSA) is 116 Å². The summed E-state index contributed by atoms with van der Waals surface area (Å²) < 4.78 is 10.5. The molecule has 1 aliphatic rings. The van der Waals surface area contributed by atoms with E-state index in [4.69, 9.17) is 9.26 Å². The van der Waals surface area contributed by atoms with E-state index in [1.54, 1.807) is 26.1 Å². The summed E-state index contributed by atoms with van der Waals surface area (Å²) in [7, 11) is 3.42. The summed E-state index contributed by atoms with van der Waals surface area (Å²) >= 11 is 0. The van der Waals surface area contributed by atoms with Crippen LogP contribution in [-0.2, 0) is 22.7 Å². The largest absolute Gasteiger partial charge is 0.497 e. The van der Waals surface area contributed by atoms with Gasteiger partial charge in [-0.2, -0.15) is 4.98 Å². The van der Waals surface area contributed by atoms with E-state index in [0.717, 1.165) is 33.7 Å². The highest BCUT2D eigenvalue weighted by Crippen LogP contribution is 2.29. The zero-order chi connectivity index (χ0) is 28.8. The molecule has 2 heterocycles. The number of nitrogens with zero attached hydrogens (tertiary/aromatic N) is 5. The van der Waals surface area contributed by atoms with Gasteiger partial charge in [-0.15, -0.1) is 0 Å². The predicted octanol–water partition coefficient (Wildman–Crippen LogP) is 2.67. The highest BCUT2D eigenvalue weighted by molar-refractivity contribution is 5.87. The van der Waals surface area contributed by atoms with Crippen LogP contribution in [0.15, 0.2) is 40.9 Å². The number of methoxy groups -OCH3 is 1. The summed E-state index contributed by atoms with van der Waals surface area (Å²) in [6, 6.07) is 12.0. The Bertz CT molecular complexity index is 1340. The maximum Gasteiger partial charge on any atom is 0.256 e. The van der Waals surface area contributed by atoms with Crippen molar-refractivity contribution in [3.63, 3.8) is 0 Å². The fourth-order valence-electron chi connectivity index (χ4n) is 4.64. The van der Waals surface area contributed by atoms with Gasteiger partial charge in [0.1, 0.15) is 5.75 Å². The first kappa shape index (κ1) is 29.0. The molecule has 3 aromatic rings. The first-order valence-corrected chi connectivity index (χ1v) is 13.5. The highest BCUT2D eigenvalue weighted by atomic mass is 16.5. The van der Waals surface area contributed by atoms with E-state index in [0.29, 0.717) is 43.9 Å². The molecule has 0 radical (unpaired) electrons. The Kier molecular flexibility index (Phi) is 9.38. The maximum absolute atomic E-state index is 13.6. The molecule has 0 spiro atoms. The van der Waals surface area contributed by atoms with Gasteiger partial charge in [0.15, 0.2) is 0 Å². The highest BCUT2D eigenvalue weighted by Gasteiger charge is 2.27. The molecular weight excluding hydrogens is 510 g/mol. The molecule has 0 saturated carbocycles. The van der Waals surface area contributed by atoms with E-state index in [-0.39, 0.29) is 24.9 Å². The number of amides is 2. The van der Waals surface area contributed by atoms with Gasteiger partial charge in [-0.1, -0.05) is 37.2 Å². The fraction of sp³-hybridized carbons (Fsp3) is 0.448. The molecule has 0 bridgehead atoms. The molecule has 0 aliphatic carbocycles. The number of aryl methyl sites for hydroxylation is 2. The third kappa shape index (κ3) is 7.16. The Morgan fingerprint density at radius 3 is 2.55 bits per heavy atom. The number of anilines is 1. The Morgan fingerprint density at radius 1 is 1.07 bits per heavy atom. The third-order valence-electron chi connectivity index (χ3n) is 6.90. The van der Waals surface area contributed by atoms with Crippen molar-refractivity contribution in [2.75, 3.05) is 45.2 Å². The second kappa shape index (κ2) is 12.9. The maximum atomic E-state index is 13.6. The standard InChI is InChI=1S/C29H39N7O4/c1-19(2)30-11-12-31-27(37)17-35(26-14-22(8-7-20(26)3)29-32-21(4)40-33-29)18-28(38)34(5)36-15-23-9-10-25(39-6)13-24(23)16-36/h7-10,13-14,19,30H,11-12,15-18H2,1-6H3,(H,31,37). The number of nitrogens with one attached hydrogen (secondary N) is 2. The average molecular weight is 550 g/mol. The van der Waals surface area contributed by atoms with Gasteiger partial charge in [0.2, 0.25) is 17.6 Å². The number of fused-ring (bicyclic) bond motifs is 1. The normalized spacial score (nSPS) is 12.9. The Hall–Kier alpha value is -3.96. The third-order valence-corrected chi connectivity index (χ3v) is 6.90. The summed E-state index contributed by atoms with van der Waals surface area (Å²) in [6.45, 7) is 10.2. The average Bonchev–Trinajstić information content (AvgIpc) is 3.56. The van der Waals surface area contributed by atoms with Gasteiger partial charge in [-0.3, -0.25) is 14.6 Å². The molecule has 1 aliphatic heterocycles. The van der Waals surface area contributed by atoms with Crippen molar-refractivity contribution in [1.82, 2.24) is 30.8 Å². The fourth-order valence-corrected chi connectivity index (χ4v) is 4.64. The monoisotopic (exact) mass is 549 g/mol. The van der Waals surface area contributed by atoms with E-state index >= 15 is 0 Å². The molecule has 0 atom stereocenters. The van der Waals surface area contributed by atoms with Crippen LogP contribution >= 0.6 is 0 Å². The SMILES string of the molecule is COc1ccc2c(c1)CN(N(C)C(=O)CN(CC(=O)NCCNC(C)C)c1cc(-c3noc(C)n3)ccc1C)C2. The second-order valence-electron chi connectivity index (χ2n) is 10.3. The summed E-state index contributed by atoms with van der Waals surface area (Å²) in [5.41, 5.74) is 4.71. The molecule has 4 rings (SSSR count). The number of likely N-dealkylation sites (N-methyl/N-ethyl adjacent to an activating group) is 1. The van der Waals surface area contributed by atoms with Crippen molar-refractivity contribution in [3.05, 3.63) is 59.0 Å². The van der Waals surface area contributed by atoms with Crippen molar-refractivity contribution in [3.8, 4) is 17.1 Å². The zero-order valence-electron chi connectivity index (χ0n) is 24.2. The van der Waals surface area contributed by atoms with E-state index in [1.165, 1.54) is 0 Å². The van der Waals surface area contributed by atoms with Gasteiger partial charge >= 0.3 is 0 Å². The number of aromatic nitrogens is 2. The van der Waals surface area contributed by atoms with Crippen LogP contribution in [0.3, 0.4) is 0 Å². The molecule has 0 saturated heterocycles. The van der Waals surface area contributed by atoms with Crippen molar-refractivity contribution in [2.45, 2.75) is 46.8 Å². The molecular formula is C29H39N7O4. The van der Waals surface area contributed by atoms with Crippen LogP contribution in [0.25, 0.3) is 11.4 Å². The Morgan fingerprint density at radius 2 is 1.85 bits per heavy atom. The predicted molar refractivity (Wildman–Crippen MR) is 153 cm³/mol. The lowest BCUT2D eigenvalue weighted by molar-refractivity contribution is -0.145. The minimum absolute atomic E-state index is 0.0138. The number of benzene rings is 2. The van der Waals surface area contributed by atoms with Gasteiger partial charge in [0, 0.05) is 57.4 Å². The number of rotatable bonds is 12. The first-order valence-electron chi connectivity index (χ1n) is 13.5. The van der Waals surface area contributed by atoms with Crippen LogP contribution in [0.5, 0.6) is 5.75 Å². The molecule has 214 valence electrons. The minimum Gasteiger partial charge on any atom is -0.497 e. The lowest BCUT2D eigenvalue weighted by Gasteiger charge is -2.32. The smallest absolute Gasteiger partial charge is 0.256 e. The van der Waals surface area contributed by atoms with E-state index in [1.807, 2.05) is 53.2 Å². The quantitative estimate of drug-likeness (QED) is 0.329. The zero-order valence-corrected chi connectivity index (χ0v) is 24.2. The van der Waals surface area contributed by atoms with Crippen molar-refractivity contribution >= 4 is 17.5 Å². The number of carbonyl (C=O) groups is 2. The number of ether oxygens (including phenoxy) is 1. The number of hydrazine groups is 1. The van der Waals surface area contributed by atoms with E-state index in [2.05, 4.69) is 34.6 Å². The summed E-state index contributed by atoms with van der Waals surface area (Å²) in [5, 5.41) is 13.9. The van der Waals surface area contributed by atoms with Crippen LogP contribution in [0.4, 0.5) is 5.69 Å². The van der Waals surface area contributed by atoms with Gasteiger partial charge in [-0.05, 0) is 41.8 Å². The lowest BCUT2D eigenvalue weighted by Crippen LogP contribution is -2.48. The van der Waals surface area contributed by atoms with Gasteiger partial charge in [0.05, 0.1) is 20.2 Å². The van der Waals surface area contributed by atoms with Gasteiger partial charge in [0.25, 0.3) is 5.91 Å². The van der Waals surface area contributed by atoms with Crippen LogP contribution in [0.1, 0.15) is 36.4 Å². The molecule has 0 fully saturated rings. The van der Waals surface area contributed by atoms with Gasteiger partial charge < -0.3 is 24.8 Å². The Labute approximate surface area is 235 Å². The number of hydrogen-bond acceptors (Lipinski definition) is 9. The molecule has 2 N–H and O–H groups in total. The van der Waals surface area contributed by atoms with Gasteiger partial charge in [-0.25, -0.2) is 5.01 Å². The molecule has 1 aromatic heterocycles. The molecule has 11 nitrogen and oxygen atoms in total. The van der Waals surface area contributed by atoms with Crippen LogP contribution in [0.2, 0.25) is 0 Å². The second-order valence-corrected chi connectivity index (χ2v) is 10.3. The molecule has 2 aromatic carbocycles. The van der Waals surface area contributed by atoms with Crippen LogP contribution in [0, 0.1) is 13.8 Å². The summed E-state index contributed by atoms with van der Waals surface area (Å²) in [4.78, 5) is 32.7. The molecule has 11 heteroatoms. The van der Waals surface area contributed by atoms with Crippen molar-refractivity contribution < 1.29 is 18.8 Å². The summed E-state index contributed by atoms with van der Waals surface area (Å²) in [6.07, 6.45) is 0. The van der Waals surface area contributed by atoms with Crippen molar-refractivity contribution in [1.29, 1.82) is 0 Å². The van der Waals surface area contributed by atoms with Crippen LogP contribution in [-0.4, -0.2) is 78.4 Å². The number of hydrogen-bond donors (Lipinski definition) is 2. The van der Waals surface area contributed by atoms with Crippen molar-refractivity contribution in [2.24, 2.45) is 0 Å². The first-order chi connectivity index (χ1) is 19.1. The lowest BCUT2D eigenvalue weighted by atomic mass is 10.1. The Balaban J connectivity index is 1.52. The number of carbonyl (C=O) groups excluding carboxylic acids is 2. The summed E-state index contributed by atoms with van der Waals surface area (Å²) in [5.74, 6) is 1.42. The molecule has 0 unspecified atom stereocenters. The van der Waals surface area contributed by atoms with Crippen LogP contribution < -0.4 is 20.3 Å². The minimum atomic E-state index is -0.165. The van der Waals surface area contributed by atoms with E-state index < -0.39 is 0 Å².